The quantitative estimate of drug-likeness (QED) is 0.781. The maximum Gasteiger partial charge on any atom is 0.234 e. The Morgan fingerprint density at radius 2 is 2.20 bits per heavy atom. The van der Waals surface area contributed by atoms with Crippen LogP contribution in [-0.4, -0.2) is 56.7 Å². The van der Waals surface area contributed by atoms with E-state index in [1.807, 2.05) is 30.3 Å². The molecule has 1 aromatic rings. The minimum Gasteiger partial charge on any atom is -0.374 e. The lowest BCUT2D eigenvalue weighted by Crippen LogP contribution is -2.46. The van der Waals surface area contributed by atoms with Crippen molar-refractivity contribution in [2.24, 2.45) is 0 Å². The van der Waals surface area contributed by atoms with Crippen molar-refractivity contribution in [1.29, 1.82) is 0 Å². The summed E-state index contributed by atoms with van der Waals surface area (Å²) in [5.41, 5.74) is 1.11. The van der Waals surface area contributed by atoms with Crippen molar-refractivity contribution in [2.75, 3.05) is 39.8 Å². The molecule has 0 spiro atoms. The molecule has 2 rings (SSSR count). The highest BCUT2D eigenvalue weighted by molar-refractivity contribution is 5.77. The van der Waals surface area contributed by atoms with E-state index in [9.17, 15) is 4.79 Å². The molecule has 0 saturated carbocycles. The van der Waals surface area contributed by atoms with E-state index in [4.69, 9.17) is 4.74 Å². The molecule has 1 aromatic carbocycles. The number of morpholine rings is 1. The van der Waals surface area contributed by atoms with Crippen LogP contribution in [0.4, 0.5) is 0 Å². The van der Waals surface area contributed by atoms with Gasteiger partial charge in [0.1, 0.15) is 0 Å². The van der Waals surface area contributed by atoms with Gasteiger partial charge in [0.25, 0.3) is 0 Å². The Hall–Kier alpha value is -1.43. The maximum atomic E-state index is 11.7. The fourth-order valence-electron chi connectivity index (χ4n) is 2.20. The van der Waals surface area contributed by atoms with Gasteiger partial charge < -0.3 is 20.3 Å². The van der Waals surface area contributed by atoms with Crippen LogP contribution in [0.15, 0.2) is 30.3 Å². The summed E-state index contributed by atoms with van der Waals surface area (Å²) in [6.07, 6.45) is 0.177. The molecule has 0 radical (unpaired) electrons. The minimum atomic E-state index is 0.0121. The predicted octanol–water partition coefficient (Wildman–Crippen LogP) is 0.223. The fourth-order valence-corrected chi connectivity index (χ4v) is 2.20. The molecular formula is C15H23N3O2. The molecule has 110 valence electrons. The van der Waals surface area contributed by atoms with Crippen molar-refractivity contribution < 1.29 is 9.53 Å². The maximum absolute atomic E-state index is 11.7. The summed E-state index contributed by atoms with van der Waals surface area (Å²) in [7, 11) is 2.09. The average Bonchev–Trinajstić information content (AvgIpc) is 2.46. The molecule has 0 bridgehead atoms. The van der Waals surface area contributed by atoms with Crippen molar-refractivity contribution >= 4 is 5.91 Å². The van der Waals surface area contributed by atoms with E-state index >= 15 is 0 Å². The molecule has 5 heteroatoms. The van der Waals surface area contributed by atoms with Gasteiger partial charge in [-0.2, -0.15) is 0 Å². The lowest BCUT2D eigenvalue weighted by atomic mass is 10.2. The topological polar surface area (TPSA) is 53.6 Å². The molecule has 1 aliphatic heterocycles. The summed E-state index contributed by atoms with van der Waals surface area (Å²) in [4.78, 5) is 13.9. The zero-order chi connectivity index (χ0) is 14.2. The summed E-state index contributed by atoms with van der Waals surface area (Å²) in [5, 5.41) is 6.04. The zero-order valence-corrected chi connectivity index (χ0v) is 12.0. The second kappa shape index (κ2) is 7.99. The Kier molecular flexibility index (Phi) is 5.98. The Labute approximate surface area is 120 Å². The molecule has 1 heterocycles. The molecule has 0 aromatic heterocycles. The number of carbonyl (C=O) groups excluding carboxylic acids is 1. The first-order valence-electron chi connectivity index (χ1n) is 7.05. The van der Waals surface area contributed by atoms with Crippen LogP contribution in [0.25, 0.3) is 0 Å². The summed E-state index contributed by atoms with van der Waals surface area (Å²) in [5.74, 6) is 0.0121. The van der Waals surface area contributed by atoms with Gasteiger partial charge in [-0.15, -0.1) is 0 Å². The molecule has 1 unspecified atom stereocenters. The van der Waals surface area contributed by atoms with Gasteiger partial charge in [-0.3, -0.25) is 4.79 Å². The van der Waals surface area contributed by atoms with Crippen molar-refractivity contribution in [3.05, 3.63) is 35.9 Å². The van der Waals surface area contributed by atoms with Crippen molar-refractivity contribution in [3.63, 3.8) is 0 Å². The average molecular weight is 277 g/mol. The lowest BCUT2D eigenvalue weighted by molar-refractivity contribution is -0.120. The Balaban J connectivity index is 1.58. The number of likely N-dealkylation sites (N-methyl/N-ethyl adjacent to an activating group) is 1. The Morgan fingerprint density at radius 3 is 2.95 bits per heavy atom. The minimum absolute atomic E-state index is 0.0121. The number of amides is 1. The monoisotopic (exact) mass is 277 g/mol. The molecule has 1 aliphatic rings. The number of ether oxygens (including phenoxy) is 1. The van der Waals surface area contributed by atoms with Crippen molar-refractivity contribution in [1.82, 2.24) is 15.5 Å². The van der Waals surface area contributed by atoms with Crippen LogP contribution in [0.5, 0.6) is 0 Å². The molecule has 1 atom stereocenters. The van der Waals surface area contributed by atoms with E-state index in [0.29, 0.717) is 19.6 Å². The van der Waals surface area contributed by atoms with Gasteiger partial charge in [0.15, 0.2) is 0 Å². The summed E-state index contributed by atoms with van der Waals surface area (Å²) in [6, 6.07) is 9.90. The fraction of sp³-hybridized carbons (Fsp3) is 0.533. The van der Waals surface area contributed by atoms with Crippen LogP contribution >= 0.6 is 0 Å². The van der Waals surface area contributed by atoms with Gasteiger partial charge in [-0.1, -0.05) is 30.3 Å². The third kappa shape index (κ3) is 5.28. The lowest BCUT2D eigenvalue weighted by Gasteiger charge is -2.30. The van der Waals surface area contributed by atoms with Gasteiger partial charge in [0, 0.05) is 26.2 Å². The van der Waals surface area contributed by atoms with E-state index in [0.717, 1.165) is 25.3 Å². The van der Waals surface area contributed by atoms with E-state index in [1.165, 1.54) is 0 Å². The Morgan fingerprint density at radius 1 is 1.40 bits per heavy atom. The van der Waals surface area contributed by atoms with Crippen LogP contribution in [0.3, 0.4) is 0 Å². The van der Waals surface area contributed by atoms with Gasteiger partial charge in [0.2, 0.25) is 5.91 Å². The zero-order valence-electron chi connectivity index (χ0n) is 12.0. The standard InChI is InChI=1S/C15H23N3O2/c1-18-7-8-20-14(12-18)10-16-11-15(19)17-9-13-5-3-2-4-6-13/h2-6,14,16H,7-12H2,1H3,(H,17,19). The molecule has 5 nitrogen and oxygen atoms in total. The van der Waals surface area contributed by atoms with Crippen LogP contribution in [0.2, 0.25) is 0 Å². The first-order chi connectivity index (χ1) is 9.74. The van der Waals surface area contributed by atoms with Gasteiger partial charge in [-0.25, -0.2) is 0 Å². The summed E-state index contributed by atoms with van der Waals surface area (Å²) < 4.78 is 5.62. The molecule has 0 aliphatic carbocycles. The number of benzene rings is 1. The molecule has 1 amide bonds. The van der Waals surface area contributed by atoms with Crippen LogP contribution in [-0.2, 0) is 16.1 Å². The molecule has 2 N–H and O–H groups in total. The van der Waals surface area contributed by atoms with Gasteiger partial charge in [0.05, 0.1) is 19.3 Å². The molecule has 1 saturated heterocycles. The predicted molar refractivity (Wildman–Crippen MR) is 78.4 cm³/mol. The van der Waals surface area contributed by atoms with E-state index < -0.39 is 0 Å². The number of hydrogen-bond donors (Lipinski definition) is 2. The third-order valence-corrected chi connectivity index (χ3v) is 3.33. The highest BCUT2D eigenvalue weighted by atomic mass is 16.5. The Bertz CT molecular complexity index is 411. The molecule has 1 fully saturated rings. The molecular weight excluding hydrogens is 254 g/mol. The second-order valence-corrected chi connectivity index (χ2v) is 5.15. The SMILES string of the molecule is CN1CCOC(CNCC(=O)NCc2ccccc2)C1. The number of rotatable bonds is 6. The first-order valence-corrected chi connectivity index (χ1v) is 7.05. The van der Waals surface area contributed by atoms with Crippen LogP contribution in [0, 0.1) is 0 Å². The summed E-state index contributed by atoms with van der Waals surface area (Å²) >= 11 is 0. The van der Waals surface area contributed by atoms with Crippen LogP contribution < -0.4 is 10.6 Å². The number of carbonyl (C=O) groups is 1. The van der Waals surface area contributed by atoms with Crippen molar-refractivity contribution in [2.45, 2.75) is 12.6 Å². The van der Waals surface area contributed by atoms with Gasteiger partial charge >= 0.3 is 0 Å². The number of nitrogens with zero attached hydrogens (tertiary/aromatic N) is 1. The smallest absolute Gasteiger partial charge is 0.234 e. The van der Waals surface area contributed by atoms with Crippen LogP contribution in [0.1, 0.15) is 5.56 Å². The molecule has 20 heavy (non-hydrogen) atoms. The summed E-state index contributed by atoms with van der Waals surface area (Å²) in [6.45, 7) is 4.28. The van der Waals surface area contributed by atoms with E-state index in [-0.39, 0.29) is 12.0 Å². The number of hydrogen-bond acceptors (Lipinski definition) is 4. The largest absolute Gasteiger partial charge is 0.374 e. The third-order valence-electron chi connectivity index (χ3n) is 3.33. The normalized spacial score (nSPS) is 19.8. The van der Waals surface area contributed by atoms with Gasteiger partial charge in [-0.05, 0) is 12.6 Å². The van der Waals surface area contributed by atoms with E-state index in [2.05, 4.69) is 22.6 Å². The first kappa shape index (κ1) is 15.0. The highest BCUT2D eigenvalue weighted by Crippen LogP contribution is 2.01. The highest BCUT2D eigenvalue weighted by Gasteiger charge is 2.17. The van der Waals surface area contributed by atoms with E-state index in [1.54, 1.807) is 0 Å². The van der Waals surface area contributed by atoms with Crippen molar-refractivity contribution in [3.8, 4) is 0 Å². The number of nitrogens with one attached hydrogen (secondary N) is 2. The second-order valence-electron chi connectivity index (χ2n) is 5.15.